The van der Waals surface area contributed by atoms with Crippen LogP contribution in [-0.4, -0.2) is 9.97 Å². The summed E-state index contributed by atoms with van der Waals surface area (Å²) in [5.74, 6) is 0. The van der Waals surface area contributed by atoms with Crippen LogP contribution in [0.25, 0.3) is 17.3 Å². The van der Waals surface area contributed by atoms with Crippen LogP contribution in [0.2, 0.25) is 0 Å². The summed E-state index contributed by atoms with van der Waals surface area (Å²) in [6, 6.07) is 2.04. The van der Waals surface area contributed by atoms with Crippen molar-refractivity contribution < 1.29 is 0 Å². The van der Waals surface area contributed by atoms with Crippen LogP contribution in [0.1, 0.15) is 10.6 Å². The molecule has 0 aliphatic heterocycles. The second kappa shape index (κ2) is 3.72. The maximum absolute atomic E-state index is 4.40. The van der Waals surface area contributed by atoms with Gasteiger partial charge in [0.2, 0.25) is 0 Å². The van der Waals surface area contributed by atoms with Gasteiger partial charge in [0.05, 0.1) is 10.7 Å². The monoisotopic (exact) mass is 202 g/mol. The summed E-state index contributed by atoms with van der Waals surface area (Å²) < 4.78 is 0. The molecule has 0 amide bonds. The predicted octanol–water partition coefficient (Wildman–Crippen LogP) is 3.16. The van der Waals surface area contributed by atoms with Crippen molar-refractivity contribution in [2.45, 2.75) is 6.92 Å². The zero-order valence-electron chi connectivity index (χ0n) is 7.90. The molecule has 0 atom stereocenters. The number of thiazole rings is 1. The number of rotatable bonds is 2. The minimum atomic E-state index is 0.990. The van der Waals surface area contributed by atoms with Crippen LogP contribution in [0.3, 0.4) is 0 Å². The van der Waals surface area contributed by atoms with Crippen LogP contribution >= 0.6 is 11.3 Å². The number of pyridine rings is 1. The molecule has 2 aromatic rings. The third-order valence-electron chi connectivity index (χ3n) is 1.91. The van der Waals surface area contributed by atoms with Gasteiger partial charge < -0.3 is 0 Å². The fourth-order valence-corrected chi connectivity index (χ4v) is 1.83. The van der Waals surface area contributed by atoms with Crippen LogP contribution < -0.4 is 0 Å². The molecule has 0 saturated carbocycles. The normalized spacial score (nSPS) is 10.1. The van der Waals surface area contributed by atoms with E-state index < -0.39 is 0 Å². The Morgan fingerprint density at radius 3 is 2.93 bits per heavy atom. The highest BCUT2D eigenvalue weighted by atomic mass is 32.1. The van der Waals surface area contributed by atoms with E-state index in [1.54, 1.807) is 23.6 Å². The molecule has 70 valence electrons. The van der Waals surface area contributed by atoms with Crippen molar-refractivity contribution >= 4 is 17.4 Å². The number of nitrogens with zero attached hydrogens (tertiary/aromatic N) is 2. The molecule has 2 aromatic heterocycles. The zero-order chi connectivity index (χ0) is 9.97. The Labute approximate surface area is 87.0 Å². The Hall–Kier alpha value is -1.48. The van der Waals surface area contributed by atoms with E-state index in [2.05, 4.69) is 16.5 Å². The van der Waals surface area contributed by atoms with E-state index in [1.807, 2.05) is 24.6 Å². The molecule has 2 heterocycles. The van der Waals surface area contributed by atoms with Crippen LogP contribution in [0.15, 0.2) is 30.4 Å². The van der Waals surface area contributed by atoms with Gasteiger partial charge in [-0.15, -0.1) is 11.3 Å². The van der Waals surface area contributed by atoms with Crippen LogP contribution in [0.4, 0.5) is 0 Å². The zero-order valence-corrected chi connectivity index (χ0v) is 8.71. The van der Waals surface area contributed by atoms with E-state index in [1.165, 1.54) is 0 Å². The number of aromatic nitrogens is 2. The van der Waals surface area contributed by atoms with Gasteiger partial charge in [-0.2, -0.15) is 0 Å². The molecular weight excluding hydrogens is 192 g/mol. The van der Waals surface area contributed by atoms with Gasteiger partial charge in [0.25, 0.3) is 0 Å². The molecule has 0 bridgehead atoms. The second-order valence-corrected chi connectivity index (χ2v) is 4.03. The average Bonchev–Trinajstić information content (AvgIpc) is 2.65. The van der Waals surface area contributed by atoms with Crippen molar-refractivity contribution in [2.24, 2.45) is 0 Å². The second-order valence-electron chi connectivity index (χ2n) is 2.96. The summed E-state index contributed by atoms with van der Waals surface area (Å²) in [5, 5.41) is 3.11. The van der Waals surface area contributed by atoms with Crippen LogP contribution in [-0.2, 0) is 0 Å². The minimum absolute atomic E-state index is 0.990. The third kappa shape index (κ3) is 1.72. The molecule has 0 aliphatic rings. The Morgan fingerprint density at radius 1 is 1.43 bits per heavy atom. The fourth-order valence-electron chi connectivity index (χ4n) is 1.21. The smallest absolute Gasteiger partial charge is 0.0901 e. The van der Waals surface area contributed by atoms with Gasteiger partial charge in [-0.3, -0.25) is 4.98 Å². The lowest BCUT2D eigenvalue weighted by atomic mass is 10.2. The Balaban J connectivity index is 2.46. The number of hydrogen-bond donors (Lipinski definition) is 0. The molecular formula is C11H10N2S. The Kier molecular flexibility index (Phi) is 2.41. The molecule has 0 fully saturated rings. The van der Waals surface area contributed by atoms with Crippen molar-refractivity contribution in [1.29, 1.82) is 0 Å². The standard InChI is InChI=1S/C11H10N2S/c1-3-9-4-10(6-12-5-9)11-7-14-8(2)13-11/h3-7H,1H2,2H3. The lowest BCUT2D eigenvalue weighted by Crippen LogP contribution is -1.82. The first kappa shape index (κ1) is 9.09. The molecule has 0 saturated heterocycles. The van der Waals surface area contributed by atoms with E-state index in [4.69, 9.17) is 0 Å². The quantitative estimate of drug-likeness (QED) is 0.747. The largest absolute Gasteiger partial charge is 0.263 e. The molecule has 0 spiro atoms. The lowest BCUT2D eigenvalue weighted by Gasteiger charge is -1.97. The highest BCUT2D eigenvalue weighted by molar-refractivity contribution is 7.09. The van der Waals surface area contributed by atoms with E-state index in [0.717, 1.165) is 21.8 Å². The van der Waals surface area contributed by atoms with Gasteiger partial charge in [0.15, 0.2) is 0 Å². The summed E-state index contributed by atoms with van der Waals surface area (Å²) in [5.41, 5.74) is 3.06. The first-order valence-corrected chi connectivity index (χ1v) is 5.17. The summed E-state index contributed by atoms with van der Waals surface area (Å²) in [7, 11) is 0. The third-order valence-corrected chi connectivity index (χ3v) is 2.68. The van der Waals surface area contributed by atoms with Gasteiger partial charge in [-0.05, 0) is 18.6 Å². The lowest BCUT2D eigenvalue weighted by molar-refractivity contribution is 1.26. The molecule has 0 N–H and O–H groups in total. The molecule has 14 heavy (non-hydrogen) atoms. The molecule has 0 aliphatic carbocycles. The maximum atomic E-state index is 4.40. The maximum Gasteiger partial charge on any atom is 0.0901 e. The predicted molar refractivity (Wildman–Crippen MR) is 60.2 cm³/mol. The summed E-state index contributed by atoms with van der Waals surface area (Å²) in [6.07, 6.45) is 5.40. The number of aryl methyl sites for hydroxylation is 1. The average molecular weight is 202 g/mol. The molecule has 0 unspecified atom stereocenters. The highest BCUT2D eigenvalue weighted by Crippen LogP contribution is 2.21. The van der Waals surface area contributed by atoms with E-state index in [-0.39, 0.29) is 0 Å². The van der Waals surface area contributed by atoms with Crippen molar-refractivity contribution in [1.82, 2.24) is 9.97 Å². The van der Waals surface area contributed by atoms with Gasteiger partial charge >= 0.3 is 0 Å². The summed E-state index contributed by atoms with van der Waals surface area (Å²) in [4.78, 5) is 8.54. The van der Waals surface area contributed by atoms with Crippen LogP contribution in [0.5, 0.6) is 0 Å². The fraction of sp³-hybridized carbons (Fsp3) is 0.0909. The van der Waals surface area contributed by atoms with Gasteiger partial charge in [0, 0.05) is 23.3 Å². The molecule has 2 nitrogen and oxygen atoms in total. The molecule has 0 aromatic carbocycles. The molecule has 3 heteroatoms. The Bertz CT molecular complexity index is 460. The SMILES string of the molecule is C=Cc1cncc(-c2csc(C)n2)c1. The van der Waals surface area contributed by atoms with Gasteiger partial charge in [0.1, 0.15) is 0 Å². The van der Waals surface area contributed by atoms with Crippen LogP contribution in [0, 0.1) is 6.92 Å². The van der Waals surface area contributed by atoms with E-state index in [0.29, 0.717) is 0 Å². The number of hydrogen-bond acceptors (Lipinski definition) is 3. The first-order chi connectivity index (χ1) is 6.79. The van der Waals surface area contributed by atoms with Crippen molar-refractivity contribution in [3.8, 4) is 11.3 Å². The topological polar surface area (TPSA) is 25.8 Å². The highest BCUT2D eigenvalue weighted by Gasteiger charge is 2.02. The molecule has 0 radical (unpaired) electrons. The summed E-state index contributed by atoms with van der Waals surface area (Å²) >= 11 is 1.65. The van der Waals surface area contributed by atoms with Crippen molar-refractivity contribution in [3.63, 3.8) is 0 Å². The summed E-state index contributed by atoms with van der Waals surface area (Å²) in [6.45, 7) is 5.71. The van der Waals surface area contributed by atoms with Crippen molar-refractivity contribution in [3.05, 3.63) is 41.0 Å². The van der Waals surface area contributed by atoms with E-state index in [9.17, 15) is 0 Å². The Morgan fingerprint density at radius 2 is 2.29 bits per heavy atom. The first-order valence-electron chi connectivity index (χ1n) is 4.29. The van der Waals surface area contributed by atoms with Gasteiger partial charge in [-0.25, -0.2) is 4.98 Å². The minimum Gasteiger partial charge on any atom is -0.263 e. The van der Waals surface area contributed by atoms with Crippen molar-refractivity contribution in [2.75, 3.05) is 0 Å². The van der Waals surface area contributed by atoms with Gasteiger partial charge in [-0.1, -0.05) is 12.7 Å². The van der Waals surface area contributed by atoms with E-state index >= 15 is 0 Å². The molecule has 2 rings (SSSR count).